The van der Waals surface area contributed by atoms with E-state index >= 15 is 0 Å². The van der Waals surface area contributed by atoms with E-state index in [-0.39, 0.29) is 42.7 Å². The minimum Gasteiger partial charge on any atom is -0.496 e. The maximum Gasteiger partial charge on any atom is 0.390 e. The second-order valence-corrected chi connectivity index (χ2v) is 6.87. The molecule has 13 nitrogen and oxygen atoms in total. The highest BCUT2D eigenvalue weighted by atomic mass is 35.5. The summed E-state index contributed by atoms with van der Waals surface area (Å²) < 4.78 is 11.4. The lowest BCUT2D eigenvalue weighted by Crippen LogP contribution is -2.35. The van der Waals surface area contributed by atoms with Gasteiger partial charge in [0, 0.05) is 18.1 Å². The summed E-state index contributed by atoms with van der Waals surface area (Å²) in [7, 11) is 1.44. The number of hydrogen-bond donors (Lipinski definition) is 2. The van der Waals surface area contributed by atoms with Crippen LogP contribution >= 0.6 is 11.6 Å². The van der Waals surface area contributed by atoms with Crippen LogP contribution in [0.25, 0.3) is 0 Å². The lowest BCUT2D eigenvalue weighted by atomic mass is 10.2. The van der Waals surface area contributed by atoms with Gasteiger partial charge in [-0.1, -0.05) is 16.8 Å². The number of hydrogen-bond acceptors (Lipinski definition) is 9. The second kappa shape index (κ2) is 9.87. The van der Waals surface area contributed by atoms with Crippen molar-refractivity contribution in [1.29, 1.82) is 0 Å². The number of nitrogens with one attached hydrogen (secondary N) is 2. The quantitative estimate of drug-likeness (QED) is 0.270. The van der Waals surface area contributed by atoms with Crippen molar-refractivity contribution in [2.45, 2.75) is 13.5 Å². The number of carbonyl (C=O) groups excluding carboxylic acids is 2. The lowest BCUT2D eigenvalue weighted by Gasteiger charge is -2.09. The molecular formula is C18H18ClN7O6. The summed E-state index contributed by atoms with van der Waals surface area (Å²) in [5.41, 5.74) is 0.793. The molecule has 0 aliphatic heterocycles. The van der Waals surface area contributed by atoms with Gasteiger partial charge in [0.2, 0.25) is 0 Å². The van der Waals surface area contributed by atoms with Crippen LogP contribution in [-0.2, 0) is 6.54 Å². The summed E-state index contributed by atoms with van der Waals surface area (Å²) in [6.45, 7) is 1.85. The fraction of sp³-hybridized carbons (Fsp3) is 0.278. The number of halogens is 1. The van der Waals surface area contributed by atoms with Gasteiger partial charge in [0.05, 0.1) is 29.5 Å². The highest BCUT2D eigenvalue weighted by Crippen LogP contribution is 2.22. The number of nitrogens with zero attached hydrogens (tertiary/aromatic N) is 5. The fourth-order valence-corrected chi connectivity index (χ4v) is 2.84. The van der Waals surface area contributed by atoms with Gasteiger partial charge in [-0.2, -0.15) is 9.67 Å². The third-order valence-electron chi connectivity index (χ3n) is 4.21. The largest absolute Gasteiger partial charge is 0.496 e. The predicted octanol–water partition coefficient (Wildman–Crippen LogP) is 1.35. The molecule has 0 aliphatic rings. The van der Waals surface area contributed by atoms with Gasteiger partial charge in [0.1, 0.15) is 12.3 Å². The summed E-state index contributed by atoms with van der Waals surface area (Å²) in [5, 5.41) is 23.8. The van der Waals surface area contributed by atoms with Crippen molar-refractivity contribution < 1.29 is 23.8 Å². The van der Waals surface area contributed by atoms with Crippen LogP contribution in [0.5, 0.6) is 5.75 Å². The number of ether oxygens (including phenoxy) is 1. The van der Waals surface area contributed by atoms with Crippen molar-refractivity contribution in [3.05, 3.63) is 62.4 Å². The normalized spacial score (nSPS) is 10.6. The molecule has 3 rings (SSSR count). The first-order chi connectivity index (χ1) is 15.3. The van der Waals surface area contributed by atoms with Crippen molar-refractivity contribution in [3.63, 3.8) is 0 Å². The van der Waals surface area contributed by atoms with Gasteiger partial charge in [-0.3, -0.25) is 9.59 Å². The van der Waals surface area contributed by atoms with Gasteiger partial charge >= 0.3 is 17.6 Å². The zero-order valence-corrected chi connectivity index (χ0v) is 17.8. The number of aryl methyl sites for hydroxylation is 1. The lowest BCUT2D eigenvalue weighted by molar-refractivity contribution is -0.389. The number of aromatic nitrogens is 4. The summed E-state index contributed by atoms with van der Waals surface area (Å²) >= 11 is 5.91. The van der Waals surface area contributed by atoms with Crippen LogP contribution in [0.1, 0.15) is 32.6 Å². The van der Waals surface area contributed by atoms with Crippen molar-refractivity contribution in [2.75, 3.05) is 20.2 Å². The molecule has 3 aromatic rings. The number of nitro groups is 1. The van der Waals surface area contributed by atoms with Gasteiger partial charge < -0.3 is 30.0 Å². The number of benzene rings is 1. The monoisotopic (exact) mass is 463 g/mol. The van der Waals surface area contributed by atoms with E-state index in [0.717, 1.165) is 0 Å². The molecule has 0 saturated heterocycles. The van der Waals surface area contributed by atoms with Crippen molar-refractivity contribution in [1.82, 2.24) is 30.6 Å². The Morgan fingerprint density at radius 1 is 1.25 bits per heavy atom. The van der Waals surface area contributed by atoms with E-state index in [1.165, 1.54) is 23.9 Å². The zero-order valence-electron chi connectivity index (χ0n) is 17.0. The van der Waals surface area contributed by atoms with Crippen LogP contribution in [0.15, 0.2) is 28.8 Å². The standard InChI is InChI=1S/C18H18ClN7O6/c1-10-7-15(26(29)30)23-25(10)9-14-22-18(32-24-14)17(28)21-6-5-20-16(27)12-8-11(19)3-4-13(12)31-2/h3-4,7-8H,5-6,9H2,1-2H3,(H,20,27)(H,21,28). The summed E-state index contributed by atoms with van der Waals surface area (Å²) in [5.74, 6) is -1.16. The molecule has 168 valence electrons. The highest BCUT2D eigenvalue weighted by molar-refractivity contribution is 6.31. The number of methoxy groups -OCH3 is 1. The number of amides is 2. The SMILES string of the molecule is COc1ccc(Cl)cc1C(=O)NCCNC(=O)c1nc(Cn2nc([N+](=O)[O-])cc2C)no1. The van der Waals surface area contributed by atoms with Crippen LogP contribution in [-0.4, -0.2) is 56.9 Å². The van der Waals surface area contributed by atoms with Crippen LogP contribution in [0.4, 0.5) is 5.82 Å². The molecule has 14 heteroatoms. The number of rotatable bonds is 9. The number of carbonyl (C=O) groups is 2. The van der Waals surface area contributed by atoms with E-state index in [1.807, 2.05) is 0 Å². The molecule has 0 fully saturated rings. The minimum atomic E-state index is -0.637. The van der Waals surface area contributed by atoms with E-state index in [0.29, 0.717) is 16.5 Å². The van der Waals surface area contributed by atoms with Crippen LogP contribution in [0.3, 0.4) is 0 Å². The third kappa shape index (κ3) is 5.37. The van der Waals surface area contributed by atoms with Gasteiger partial charge in [-0.05, 0) is 30.0 Å². The molecule has 0 bridgehead atoms. The Hall–Kier alpha value is -4.00. The molecule has 2 N–H and O–H groups in total. The zero-order chi connectivity index (χ0) is 23.3. The molecule has 2 amide bonds. The molecule has 0 spiro atoms. The summed E-state index contributed by atoms with van der Waals surface area (Å²) in [6.07, 6.45) is 0. The van der Waals surface area contributed by atoms with Gasteiger partial charge in [-0.25, -0.2) is 0 Å². The van der Waals surface area contributed by atoms with E-state index in [1.54, 1.807) is 19.1 Å². The van der Waals surface area contributed by atoms with Gasteiger partial charge in [-0.15, -0.1) is 0 Å². The first-order valence-corrected chi connectivity index (χ1v) is 9.57. The Morgan fingerprint density at radius 2 is 1.97 bits per heavy atom. The van der Waals surface area contributed by atoms with Crippen LogP contribution in [0.2, 0.25) is 5.02 Å². The molecule has 2 heterocycles. The first kappa shape index (κ1) is 22.7. The van der Waals surface area contributed by atoms with E-state index < -0.39 is 16.7 Å². The molecule has 0 atom stereocenters. The Labute approximate surface area is 185 Å². The van der Waals surface area contributed by atoms with E-state index in [2.05, 4.69) is 25.9 Å². The third-order valence-corrected chi connectivity index (χ3v) is 4.45. The summed E-state index contributed by atoms with van der Waals surface area (Å²) in [4.78, 5) is 38.6. The highest BCUT2D eigenvalue weighted by Gasteiger charge is 2.20. The van der Waals surface area contributed by atoms with E-state index in [4.69, 9.17) is 20.9 Å². The maximum absolute atomic E-state index is 12.3. The molecule has 32 heavy (non-hydrogen) atoms. The Morgan fingerprint density at radius 3 is 2.62 bits per heavy atom. The molecule has 0 unspecified atom stereocenters. The Bertz CT molecular complexity index is 1160. The molecule has 0 radical (unpaired) electrons. The van der Waals surface area contributed by atoms with Crippen molar-refractivity contribution in [3.8, 4) is 5.75 Å². The van der Waals surface area contributed by atoms with Crippen LogP contribution in [0, 0.1) is 17.0 Å². The minimum absolute atomic E-state index is 0.00597. The molecule has 2 aromatic heterocycles. The molecule has 0 aliphatic carbocycles. The predicted molar refractivity (Wildman–Crippen MR) is 110 cm³/mol. The smallest absolute Gasteiger partial charge is 0.390 e. The van der Waals surface area contributed by atoms with Crippen LogP contribution < -0.4 is 15.4 Å². The van der Waals surface area contributed by atoms with Gasteiger partial charge in [0.25, 0.3) is 5.91 Å². The van der Waals surface area contributed by atoms with Crippen molar-refractivity contribution >= 4 is 29.2 Å². The molecule has 0 saturated carbocycles. The van der Waals surface area contributed by atoms with Crippen molar-refractivity contribution in [2.24, 2.45) is 0 Å². The van der Waals surface area contributed by atoms with E-state index in [9.17, 15) is 19.7 Å². The average Bonchev–Trinajstić information content (AvgIpc) is 3.38. The fourth-order valence-electron chi connectivity index (χ4n) is 2.67. The Kier molecular flexibility index (Phi) is 7.00. The maximum atomic E-state index is 12.3. The molecular weight excluding hydrogens is 446 g/mol. The average molecular weight is 464 g/mol. The molecule has 1 aromatic carbocycles. The van der Waals surface area contributed by atoms with Gasteiger partial charge in [0.15, 0.2) is 5.82 Å². The Balaban J connectivity index is 1.50. The summed E-state index contributed by atoms with van der Waals surface area (Å²) in [6, 6.07) is 5.96. The topological polar surface area (TPSA) is 167 Å². The first-order valence-electron chi connectivity index (χ1n) is 9.20. The second-order valence-electron chi connectivity index (χ2n) is 6.43.